The number of para-hydroxylation sites is 1. The van der Waals surface area contributed by atoms with Crippen LogP contribution in [0.4, 0.5) is 0 Å². The SMILES string of the molecule is CCCNC(=O)[C@H](C)n1c2ccccc2c2cnn(C)c(=O)c21. The zero-order valence-electron chi connectivity index (χ0n) is 13.5. The van der Waals surface area contributed by atoms with E-state index in [1.165, 1.54) is 4.68 Å². The molecule has 0 saturated heterocycles. The first kappa shape index (κ1) is 15.3. The van der Waals surface area contributed by atoms with E-state index in [4.69, 9.17) is 0 Å². The first-order chi connectivity index (χ1) is 11.1. The van der Waals surface area contributed by atoms with E-state index in [1.807, 2.05) is 42.7 Å². The van der Waals surface area contributed by atoms with Gasteiger partial charge in [-0.1, -0.05) is 25.1 Å². The minimum atomic E-state index is -0.473. The standard InChI is InChI=1S/C17H20N4O2/c1-4-9-18-16(22)11(2)21-14-8-6-5-7-12(14)13-10-19-20(3)17(23)15(13)21/h5-8,10-11H,4,9H2,1-3H3,(H,18,22)/t11-/m0/s1. The van der Waals surface area contributed by atoms with Gasteiger partial charge in [0.05, 0.1) is 11.7 Å². The number of hydrogen-bond acceptors (Lipinski definition) is 3. The van der Waals surface area contributed by atoms with E-state index in [9.17, 15) is 9.59 Å². The summed E-state index contributed by atoms with van der Waals surface area (Å²) in [6.07, 6.45) is 2.56. The molecule has 0 aliphatic heterocycles. The summed E-state index contributed by atoms with van der Waals surface area (Å²) in [6, 6.07) is 7.24. The highest BCUT2D eigenvalue weighted by Crippen LogP contribution is 2.29. The van der Waals surface area contributed by atoms with Crippen LogP contribution < -0.4 is 10.9 Å². The Morgan fingerprint density at radius 1 is 1.30 bits per heavy atom. The molecule has 2 heterocycles. The average molecular weight is 312 g/mol. The van der Waals surface area contributed by atoms with E-state index in [0.29, 0.717) is 12.1 Å². The maximum absolute atomic E-state index is 12.6. The van der Waals surface area contributed by atoms with Crippen molar-refractivity contribution in [3.63, 3.8) is 0 Å². The smallest absolute Gasteiger partial charge is 0.291 e. The highest BCUT2D eigenvalue weighted by Gasteiger charge is 2.22. The maximum Gasteiger partial charge on any atom is 0.291 e. The molecule has 0 aliphatic carbocycles. The van der Waals surface area contributed by atoms with Gasteiger partial charge in [-0.25, -0.2) is 4.68 Å². The fourth-order valence-corrected chi connectivity index (χ4v) is 2.90. The summed E-state index contributed by atoms with van der Waals surface area (Å²) in [4.78, 5) is 25.0. The van der Waals surface area contributed by atoms with Crippen molar-refractivity contribution in [1.29, 1.82) is 0 Å². The molecule has 120 valence electrons. The summed E-state index contributed by atoms with van der Waals surface area (Å²) in [5.74, 6) is -0.0895. The van der Waals surface area contributed by atoms with Crippen molar-refractivity contribution in [2.45, 2.75) is 26.3 Å². The molecule has 23 heavy (non-hydrogen) atoms. The number of nitrogens with one attached hydrogen (secondary N) is 1. The van der Waals surface area contributed by atoms with Crippen LogP contribution in [0.25, 0.3) is 21.8 Å². The van der Waals surface area contributed by atoms with Crippen LogP contribution in [0.2, 0.25) is 0 Å². The molecule has 6 nitrogen and oxygen atoms in total. The Balaban J connectivity index is 2.30. The molecule has 1 atom stereocenters. The van der Waals surface area contributed by atoms with Crippen molar-refractivity contribution in [1.82, 2.24) is 19.7 Å². The Morgan fingerprint density at radius 3 is 2.78 bits per heavy atom. The van der Waals surface area contributed by atoms with Crippen LogP contribution in [-0.2, 0) is 11.8 Å². The van der Waals surface area contributed by atoms with E-state index < -0.39 is 6.04 Å². The lowest BCUT2D eigenvalue weighted by molar-refractivity contribution is -0.123. The number of aryl methyl sites for hydroxylation is 1. The van der Waals surface area contributed by atoms with Crippen molar-refractivity contribution in [2.75, 3.05) is 6.54 Å². The number of hydrogen-bond donors (Lipinski definition) is 1. The van der Waals surface area contributed by atoms with Gasteiger partial charge in [-0.15, -0.1) is 0 Å². The van der Waals surface area contributed by atoms with Gasteiger partial charge in [-0.3, -0.25) is 9.59 Å². The van der Waals surface area contributed by atoms with Crippen LogP contribution in [0.5, 0.6) is 0 Å². The summed E-state index contributed by atoms with van der Waals surface area (Å²) in [5.41, 5.74) is 1.18. The van der Waals surface area contributed by atoms with Gasteiger partial charge in [-0.2, -0.15) is 5.10 Å². The average Bonchev–Trinajstić information content (AvgIpc) is 2.90. The van der Waals surface area contributed by atoms with Crippen molar-refractivity contribution < 1.29 is 4.79 Å². The highest BCUT2D eigenvalue weighted by molar-refractivity contribution is 6.08. The Bertz CT molecular complexity index is 939. The first-order valence-corrected chi connectivity index (χ1v) is 7.79. The van der Waals surface area contributed by atoms with Gasteiger partial charge in [0.2, 0.25) is 5.91 Å². The van der Waals surface area contributed by atoms with E-state index >= 15 is 0 Å². The van der Waals surface area contributed by atoms with E-state index in [0.717, 1.165) is 22.7 Å². The number of amides is 1. The molecule has 3 aromatic rings. The highest BCUT2D eigenvalue weighted by atomic mass is 16.2. The molecule has 0 radical (unpaired) electrons. The van der Waals surface area contributed by atoms with Gasteiger partial charge in [0.1, 0.15) is 11.6 Å². The van der Waals surface area contributed by atoms with Gasteiger partial charge in [0.15, 0.2) is 0 Å². The second-order valence-electron chi connectivity index (χ2n) is 5.69. The van der Waals surface area contributed by atoms with Crippen LogP contribution in [0.3, 0.4) is 0 Å². The minimum Gasteiger partial charge on any atom is -0.354 e. The van der Waals surface area contributed by atoms with Crippen LogP contribution in [0.1, 0.15) is 26.3 Å². The van der Waals surface area contributed by atoms with Crippen molar-refractivity contribution in [2.24, 2.45) is 7.05 Å². The fourth-order valence-electron chi connectivity index (χ4n) is 2.90. The van der Waals surface area contributed by atoms with Crippen molar-refractivity contribution in [3.05, 3.63) is 40.8 Å². The van der Waals surface area contributed by atoms with E-state index in [2.05, 4.69) is 10.4 Å². The van der Waals surface area contributed by atoms with E-state index in [1.54, 1.807) is 13.2 Å². The van der Waals surface area contributed by atoms with Gasteiger partial charge < -0.3 is 9.88 Å². The molecule has 1 aromatic carbocycles. The Morgan fingerprint density at radius 2 is 2.04 bits per heavy atom. The van der Waals surface area contributed by atoms with Gasteiger partial charge in [0, 0.05) is 24.4 Å². The Labute approximate surface area is 133 Å². The quantitative estimate of drug-likeness (QED) is 0.801. The maximum atomic E-state index is 12.6. The number of fused-ring (bicyclic) bond motifs is 3. The number of benzene rings is 1. The number of carbonyl (C=O) groups excluding carboxylic acids is 1. The molecular formula is C17H20N4O2. The first-order valence-electron chi connectivity index (χ1n) is 7.79. The molecule has 1 N–H and O–H groups in total. The van der Waals surface area contributed by atoms with Gasteiger partial charge in [-0.05, 0) is 19.4 Å². The summed E-state index contributed by atoms with van der Waals surface area (Å²) >= 11 is 0. The van der Waals surface area contributed by atoms with Crippen LogP contribution in [0.15, 0.2) is 35.3 Å². The largest absolute Gasteiger partial charge is 0.354 e. The molecule has 6 heteroatoms. The molecule has 0 unspecified atom stereocenters. The van der Waals surface area contributed by atoms with Crippen LogP contribution in [-0.4, -0.2) is 26.8 Å². The van der Waals surface area contributed by atoms with Crippen molar-refractivity contribution in [3.8, 4) is 0 Å². The van der Waals surface area contributed by atoms with Gasteiger partial charge in [0.25, 0.3) is 5.56 Å². The molecule has 3 rings (SSSR count). The summed E-state index contributed by atoms with van der Waals surface area (Å²) < 4.78 is 3.12. The molecule has 0 bridgehead atoms. The van der Waals surface area contributed by atoms with Crippen molar-refractivity contribution >= 4 is 27.7 Å². The minimum absolute atomic E-state index is 0.0895. The second-order valence-corrected chi connectivity index (χ2v) is 5.69. The molecule has 1 amide bonds. The monoisotopic (exact) mass is 312 g/mol. The molecular weight excluding hydrogens is 292 g/mol. The summed E-state index contributed by atoms with van der Waals surface area (Å²) in [5, 5.41) is 8.72. The lowest BCUT2D eigenvalue weighted by atomic mass is 10.2. The normalized spacial score (nSPS) is 12.7. The zero-order valence-corrected chi connectivity index (χ0v) is 13.5. The Hall–Kier alpha value is -2.63. The molecule has 0 spiro atoms. The predicted molar refractivity (Wildman–Crippen MR) is 90.5 cm³/mol. The molecule has 2 aromatic heterocycles. The predicted octanol–water partition coefficient (Wildman–Crippen LogP) is 1.98. The summed E-state index contributed by atoms with van der Waals surface area (Å²) in [7, 11) is 1.62. The fraction of sp³-hybridized carbons (Fsp3) is 0.353. The molecule has 0 aliphatic rings. The topological polar surface area (TPSA) is 68.9 Å². The zero-order chi connectivity index (χ0) is 16.6. The van der Waals surface area contributed by atoms with Crippen LogP contribution >= 0.6 is 0 Å². The third kappa shape index (κ3) is 2.40. The third-order valence-electron chi connectivity index (χ3n) is 4.12. The van der Waals surface area contributed by atoms with Crippen LogP contribution in [0, 0.1) is 0 Å². The summed E-state index contributed by atoms with van der Waals surface area (Å²) in [6.45, 7) is 4.45. The second kappa shape index (κ2) is 5.87. The lowest BCUT2D eigenvalue weighted by Gasteiger charge is -2.16. The number of aromatic nitrogens is 3. The number of carbonyl (C=O) groups is 1. The number of nitrogens with zero attached hydrogens (tertiary/aromatic N) is 3. The Kier molecular flexibility index (Phi) is 3.90. The van der Waals surface area contributed by atoms with E-state index in [-0.39, 0.29) is 11.5 Å². The van der Waals surface area contributed by atoms with Gasteiger partial charge >= 0.3 is 0 Å². The third-order valence-corrected chi connectivity index (χ3v) is 4.12. The number of rotatable bonds is 4. The lowest BCUT2D eigenvalue weighted by Crippen LogP contribution is -2.32. The molecule has 0 fully saturated rings. The molecule has 0 saturated carbocycles.